The van der Waals surface area contributed by atoms with Gasteiger partial charge < -0.3 is 5.32 Å². The van der Waals surface area contributed by atoms with E-state index in [9.17, 15) is 0 Å². The van der Waals surface area contributed by atoms with Crippen LogP contribution in [0.4, 0.5) is 5.69 Å². The maximum absolute atomic E-state index is 4.33. The molecule has 4 aromatic rings. The van der Waals surface area contributed by atoms with Crippen LogP contribution < -0.4 is 5.32 Å². The van der Waals surface area contributed by atoms with Crippen molar-refractivity contribution in [3.8, 4) is 11.1 Å². The molecule has 0 saturated heterocycles. The third kappa shape index (κ3) is 4.72. The fourth-order valence-corrected chi connectivity index (χ4v) is 5.06. The highest BCUT2D eigenvalue weighted by molar-refractivity contribution is 8.03. The number of benzene rings is 4. The van der Waals surface area contributed by atoms with E-state index in [1.807, 2.05) is 0 Å². The molecule has 0 radical (unpaired) electrons. The fraction of sp³-hybridized carbons (Fsp3) is 0.0323. The van der Waals surface area contributed by atoms with Crippen LogP contribution in [0.15, 0.2) is 132 Å². The van der Waals surface area contributed by atoms with Crippen molar-refractivity contribution in [3.05, 3.63) is 144 Å². The molecule has 1 N–H and O–H groups in total. The summed E-state index contributed by atoms with van der Waals surface area (Å²) in [5.74, 6) is 0. The molecule has 160 valence electrons. The Hall–Kier alpha value is -3.75. The summed E-state index contributed by atoms with van der Waals surface area (Å²) in [6, 6.07) is 36.3. The van der Waals surface area contributed by atoms with Crippen molar-refractivity contribution in [1.82, 2.24) is 0 Å². The molecule has 33 heavy (non-hydrogen) atoms. The molecule has 5 rings (SSSR count). The largest absolute Gasteiger partial charge is 0.349 e. The Morgan fingerprint density at radius 2 is 1.36 bits per heavy atom. The zero-order chi connectivity index (χ0) is 22.6. The SMILES string of the molecule is C=C1/C=C\C(c2cccc(-c3ccccc3)c2)=C(\Nc2ccc(C)cc2)Sc2ccccc21. The fourth-order valence-electron chi connectivity index (χ4n) is 3.92. The number of nitrogens with one attached hydrogen (secondary N) is 1. The lowest BCUT2D eigenvalue weighted by molar-refractivity contribution is 1.39. The van der Waals surface area contributed by atoms with E-state index in [1.54, 1.807) is 11.8 Å². The van der Waals surface area contributed by atoms with Gasteiger partial charge in [0.2, 0.25) is 0 Å². The minimum Gasteiger partial charge on any atom is -0.349 e. The van der Waals surface area contributed by atoms with Crippen LogP contribution in [0.1, 0.15) is 16.7 Å². The van der Waals surface area contributed by atoms with Gasteiger partial charge in [0.1, 0.15) is 0 Å². The zero-order valence-electron chi connectivity index (χ0n) is 18.6. The lowest BCUT2D eigenvalue weighted by Gasteiger charge is -2.20. The quantitative estimate of drug-likeness (QED) is 0.338. The van der Waals surface area contributed by atoms with Crippen molar-refractivity contribution in [3.63, 3.8) is 0 Å². The summed E-state index contributed by atoms with van der Waals surface area (Å²) in [4.78, 5) is 1.19. The van der Waals surface area contributed by atoms with Gasteiger partial charge in [0.15, 0.2) is 0 Å². The lowest BCUT2D eigenvalue weighted by atomic mass is 9.98. The first kappa shape index (κ1) is 21.1. The van der Waals surface area contributed by atoms with E-state index in [2.05, 4.69) is 134 Å². The molecule has 1 heterocycles. The van der Waals surface area contributed by atoms with Crippen molar-refractivity contribution >= 4 is 28.6 Å². The number of thioether (sulfide) groups is 1. The molecule has 0 unspecified atom stereocenters. The number of rotatable bonds is 4. The van der Waals surface area contributed by atoms with E-state index in [1.165, 1.54) is 32.7 Å². The maximum Gasteiger partial charge on any atom is 0.0854 e. The van der Waals surface area contributed by atoms with Crippen LogP contribution in [0.5, 0.6) is 0 Å². The van der Waals surface area contributed by atoms with E-state index in [-0.39, 0.29) is 0 Å². The van der Waals surface area contributed by atoms with Gasteiger partial charge in [-0.25, -0.2) is 0 Å². The first-order valence-corrected chi connectivity index (χ1v) is 11.9. The molecule has 1 aliphatic heterocycles. The summed E-state index contributed by atoms with van der Waals surface area (Å²) in [6.07, 6.45) is 4.31. The van der Waals surface area contributed by atoms with E-state index in [4.69, 9.17) is 0 Å². The molecule has 0 amide bonds. The Morgan fingerprint density at radius 3 is 2.18 bits per heavy atom. The van der Waals surface area contributed by atoms with Crippen LogP contribution in [0, 0.1) is 6.92 Å². The molecule has 0 saturated carbocycles. The normalized spacial score (nSPS) is 16.5. The molecule has 0 atom stereocenters. The number of aryl methyl sites for hydroxylation is 1. The molecule has 1 nitrogen and oxygen atoms in total. The van der Waals surface area contributed by atoms with Gasteiger partial charge in [-0.3, -0.25) is 0 Å². The number of hydrogen-bond donors (Lipinski definition) is 1. The summed E-state index contributed by atoms with van der Waals surface area (Å²) in [5.41, 5.74) is 9.24. The molecule has 1 aliphatic rings. The first-order valence-electron chi connectivity index (χ1n) is 11.1. The van der Waals surface area contributed by atoms with Gasteiger partial charge in [0.05, 0.1) is 5.03 Å². The second kappa shape index (κ2) is 9.40. The van der Waals surface area contributed by atoms with Crippen LogP contribution in [0.25, 0.3) is 22.3 Å². The molecule has 0 bridgehead atoms. The molecular weight excluding hydrogens is 418 g/mol. The first-order chi connectivity index (χ1) is 16.2. The summed E-state index contributed by atoms with van der Waals surface area (Å²) in [6.45, 7) is 6.44. The van der Waals surface area contributed by atoms with Crippen molar-refractivity contribution in [1.29, 1.82) is 0 Å². The van der Waals surface area contributed by atoms with Crippen molar-refractivity contribution in [2.75, 3.05) is 5.32 Å². The standard InChI is InChI=1S/C31H25NS/c1-22-15-18-27(19-16-22)32-31-29(20-17-23(2)28-13-6-7-14-30(28)33-31)26-12-8-11-25(21-26)24-9-4-3-5-10-24/h3-21,32H,2H2,1H3/b20-17-,31-29+. The maximum atomic E-state index is 4.33. The summed E-state index contributed by atoms with van der Waals surface area (Å²) >= 11 is 1.75. The second-order valence-corrected chi connectivity index (χ2v) is 9.19. The van der Waals surface area contributed by atoms with Crippen LogP contribution in [0.3, 0.4) is 0 Å². The van der Waals surface area contributed by atoms with Crippen molar-refractivity contribution < 1.29 is 0 Å². The smallest absolute Gasteiger partial charge is 0.0854 e. The summed E-state index contributed by atoms with van der Waals surface area (Å²) < 4.78 is 0. The Balaban J connectivity index is 1.65. The van der Waals surface area contributed by atoms with Gasteiger partial charge in [0.25, 0.3) is 0 Å². The molecular formula is C31H25NS. The van der Waals surface area contributed by atoms with Gasteiger partial charge in [-0.15, -0.1) is 0 Å². The average Bonchev–Trinajstić information content (AvgIpc) is 2.85. The number of allylic oxidation sites excluding steroid dienone is 4. The number of fused-ring (bicyclic) bond motifs is 1. The Labute approximate surface area is 200 Å². The Bertz CT molecular complexity index is 1360. The molecule has 2 heteroatoms. The highest BCUT2D eigenvalue weighted by atomic mass is 32.2. The van der Waals surface area contributed by atoms with Crippen molar-refractivity contribution in [2.24, 2.45) is 0 Å². The molecule has 0 aliphatic carbocycles. The van der Waals surface area contributed by atoms with Gasteiger partial charge >= 0.3 is 0 Å². The van der Waals surface area contributed by atoms with E-state index < -0.39 is 0 Å². The highest BCUT2D eigenvalue weighted by Crippen LogP contribution is 2.40. The number of anilines is 1. The van der Waals surface area contributed by atoms with Gasteiger partial charge in [0, 0.05) is 16.2 Å². The van der Waals surface area contributed by atoms with Gasteiger partial charge in [-0.2, -0.15) is 0 Å². The lowest BCUT2D eigenvalue weighted by Crippen LogP contribution is -2.02. The second-order valence-electron chi connectivity index (χ2n) is 8.14. The van der Waals surface area contributed by atoms with E-state index in [0.29, 0.717) is 0 Å². The third-order valence-electron chi connectivity index (χ3n) is 5.73. The third-order valence-corrected chi connectivity index (χ3v) is 6.83. The molecule has 0 aromatic heterocycles. The van der Waals surface area contributed by atoms with E-state index >= 15 is 0 Å². The Morgan fingerprint density at radius 1 is 0.667 bits per heavy atom. The van der Waals surface area contributed by atoms with Crippen LogP contribution in [0.2, 0.25) is 0 Å². The zero-order valence-corrected chi connectivity index (χ0v) is 19.4. The van der Waals surface area contributed by atoms with Crippen LogP contribution in [-0.4, -0.2) is 0 Å². The van der Waals surface area contributed by atoms with Gasteiger partial charge in [-0.05, 0) is 59.0 Å². The van der Waals surface area contributed by atoms with E-state index in [0.717, 1.165) is 21.9 Å². The topological polar surface area (TPSA) is 12.0 Å². The average molecular weight is 444 g/mol. The van der Waals surface area contributed by atoms with Crippen LogP contribution in [-0.2, 0) is 0 Å². The molecule has 0 fully saturated rings. The minimum absolute atomic E-state index is 1.02. The summed E-state index contributed by atoms with van der Waals surface area (Å²) in [7, 11) is 0. The minimum atomic E-state index is 1.02. The summed E-state index contributed by atoms with van der Waals surface area (Å²) in [5, 5.41) is 4.80. The van der Waals surface area contributed by atoms with Gasteiger partial charge in [-0.1, -0.05) is 115 Å². The Kier molecular flexibility index (Phi) is 6.01. The number of hydrogen-bond acceptors (Lipinski definition) is 2. The monoisotopic (exact) mass is 443 g/mol. The van der Waals surface area contributed by atoms with Crippen molar-refractivity contribution in [2.45, 2.75) is 11.8 Å². The molecule has 0 spiro atoms. The predicted molar refractivity (Wildman–Crippen MR) is 144 cm³/mol. The predicted octanol–water partition coefficient (Wildman–Crippen LogP) is 8.82. The van der Waals surface area contributed by atoms with Crippen LogP contribution >= 0.6 is 11.8 Å². The molecule has 4 aromatic carbocycles. The highest BCUT2D eigenvalue weighted by Gasteiger charge is 2.16.